The van der Waals surface area contributed by atoms with Gasteiger partial charge in [-0.25, -0.2) is 4.98 Å². The quantitative estimate of drug-likeness (QED) is 0.662. The molecule has 1 aromatic heterocycles. The first-order chi connectivity index (χ1) is 15.5. The van der Waals surface area contributed by atoms with Gasteiger partial charge in [-0.15, -0.1) is 0 Å². The number of nitrogens with one attached hydrogen (secondary N) is 2. The van der Waals surface area contributed by atoms with E-state index in [1.807, 2.05) is 43.3 Å². The van der Waals surface area contributed by atoms with Crippen molar-refractivity contribution >= 4 is 23.7 Å². The zero-order valence-electron chi connectivity index (χ0n) is 19.5. The van der Waals surface area contributed by atoms with Crippen molar-refractivity contribution in [2.75, 3.05) is 24.3 Å². The third-order valence-electron chi connectivity index (χ3n) is 6.52. The first-order valence-electron chi connectivity index (χ1n) is 11.9. The predicted molar refractivity (Wildman–Crippen MR) is 131 cm³/mol. The average molecular weight is 434 g/mol. The normalized spacial score (nSPS) is 20.9. The summed E-state index contributed by atoms with van der Waals surface area (Å²) in [6.07, 6.45) is 10.4. The molecule has 4 rings (SSSR count). The van der Waals surface area contributed by atoms with Crippen LogP contribution in [0.3, 0.4) is 0 Å². The topological polar surface area (TPSA) is 70.2 Å². The molecule has 2 aromatic rings. The van der Waals surface area contributed by atoms with Crippen molar-refractivity contribution < 1.29 is 4.79 Å². The van der Waals surface area contributed by atoms with Crippen molar-refractivity contribution in [3.05, 3.63) is 52.7 Å². The molecule has 2 N–H and O–H groups in total. The van der Waals surface area contributed by atoms with Gasteiger partial charge in [-0.3, -0.25) is 4.79 Å². The summed E-state index contributed by atoms with van der Waals surface area (Å²) >= 11 is 0. The van der Waals surface area contributed by atoms with Gasteiger partial charge in [-0.05, 0) is 69.9 Å². The second-order valence-corrected chi connectivity index (χ2v) is 9.30. The summed E-state index contributed by atoms with van der Waals surface area (Å²) in [4.78, 5) is 24.4. The number of aromatic nitrogens is 2. The summed E-state index contributed by atoms with van der Waals surface area (Å²) in [5.41, 5.74) is 4.32. The molecule has 2 aliphatic carbocycles. The Balaban J connectivity index is 1.32. The number of hydrogen-bond donors (Lipinski definition) is 2. The van der Waals surface area contributed by atoms with Crippen LogP contribution in [0.15, 0.2) is 35.9 Å². The minimum atomic E-state index is 0.0268. The van der Waals surface area contributed by atoms with E-state index in [-0.39, 0.29) is 11.9 Å². The SMILES string of the molecule is C/C(=C\c1ccccc1)C(=O)NC1CCC(Nc2nc3c(c(N(C)C)n2)CCCC3)CC1. The van der Waals surface area contributed by atoms with E-state index in [0.717, 1.165) is 61.4 Å². The van der Waals surface area contributed by atoms with Crippen molar-refractivity contribution in [3.63, 3.8) is 0 Å². The van der Waals surface area contributed by atoms with Crippen LogP contribution in [-0.2, 0) is 17.6 Å². The number of benzene rings is 1. The van der Waals surface area contributed by atoms with Crippen LogP contribution in [0.2, 0.25) is 0 Å². The Hall–Kier alpha value is -2.89. The van der Waals surface area contributed by atoms with Crippen molar-refractivity contribution in [2.45, 2.75) is 70.4 Å². The van der Waals surface area contributed by atoms with Gasteiger partial charge in [-0.1, -0.05) is 30.3 Å². The van der Waals surface area contributed by atoms with E-state index < -0.39 is 0 Å². The van der Waals surface area contributed by atoms with Gasteiger partial charge in [0.05, 0.1) is 5.69 Å². The monoisotopic (exact) mass is 433 g/mol. The molecular weight excluding hydrogens is 398 g/mol. The fraction of sp³-hybridized carbons (Fsp3) is 0.500. The lowest BCUT2D eigenvalue weighted by Crippen LogP contribution is -2.40. The molecule has 32 heavy (non-hydrogen) atoms. The van der Waals surface area contributed by atoms with Gasteiger partial charge < -0.3 is 15.5 Å². The maximum Gasteiger partial charge on any atom is 0.247 e. The summed E-state index contributed by atoms with van der Waals surface area (Å²) in [5, 5.41) is 6.80. The fourth-order valence-electron chi connectivity index (χ4n) is 4.74. The average Bonchev–Trinajstić information content (AvgIpc) is 2.80. The van der Waals surface area contributed by atoms with E-state index in [4.69, 9.17) is 9.97 Å². The molecule has 0 radical (unpaired) electrons. The maximum absolute atomic E-state index is 12.6. The van der Waals surface area contributed by atoms with E-state index >= 15 is 0 Å². The molecule has 6 nitrogen and oxygen atoms in total. The Morgan fingerprint density at radius 1 is 1.00 bits per heavy atom. The zero-order valence-corrected chi connectivity index (χ0v) is 19.5. The van der Waals surface area contributed by atoms with E-state index in [2.05, 4.69) is 29.6 Å². The third-order valence-corrected chi connectivity index (χ3v) is 6.52. The van der Waals surface area contributed by atoms with Gasteiger partial charge in [0.1, 0.15) is 5.82 Å². The number of carbonyl (C=O) groups excluding carboxylic acids is 1. The van der Waals surface area contributed by atoms with E-state index in [1.54, 1.807) is 0 Å². The second kappa shape index (κ2) is 10.2. The Bertz CT molecular complexity index is 962. The van der Waals surface area contributed by atoms with Crippen LogP contribution in [0.5, 0.6) is 0 Å². The van der Waals surface area contributed by atoms with Crippen molar-refractivity contribution in [1.82, 2.24) is 15.3 Å². The lowest BCUT2D eigenvalue weighted by atomic mass is 9.91. The Morgan fingerprint density at radius 2 is 1.69 bits per heavy atom. The highest BCUT2D eigenvalue weighted by molar-refractivity contribution is 5.97. The van der Waals surface area contributed by atoms with Crippen LogP contribution in [0.1, 0.15) is 62.3 Å². The van der Waals surface area contributed by atoms with E-state index in [9.17, 15) is 4.79 Å². The van der Waals surface area contributed by atoms with E-state index in [1.165, 1.54) is 24.1 Å². The summed E-state index contributed by atoms with van der Waals surface area (Å²) in [6, 6.07) is 10.5. The lowest BCUT2D eigenvalue weighted by Gasteiger charge is -2.30. The molecule has 6 heteroatoms. The highest BCUT2D eigenvalue weighted by atomic mass is 16.1. The number of anilines is 2. The van der Waals surface area contributed by atoms with Crippen LogP contribution in [0, 0.1) is 0 Å². The molecular formula is C26H35N5O. The van der Waals surface area contributed by atoms with E-state index in [0.29, 0.717) is 6.04 Å². The summed E-state index contributed by atoms with van der Waals surface area (Å²) in [5.74, 6) is 1.83. The molecule has 0 unspecified atom stereocenters. The minimum Gasteiger partial charge on any atom is -0.362 e. The first kappa shape index (κ1) is 22.3. The molecule has 1 fully saturated rings. The van der Waals surface area contributed by atoms with Crippen LogP contribution >= 0.6 is 0 Å². The van der Waals surface area contributed by atoms with Gasteiger partial charge in [-0.2, -0.15) is 4.98 Å². The van der Waals surface area contributed by atoms with Crippen LogP contribution in [-0.4, -0.2) is 42.1 Å². The maximum atomic E-state index is 12.6. The highest BCUT2D eigenvalue weighted by Gasteiger charge is 2.25. The standard InChI is InChI=1S/C26H35N5O/c1-18(17-19-9-5-4-6-10-19)25(32)27-20-13-15-21(16-14-20)28-26-29-23-12-8-7-11-22(23)24(30-26)31(2)3/h4-6,9-10,17,20-21H,7-8,11-16H2,1-3H3,(H,27,32)(H,28,29,30)/b18-17+. The number of amides is 1. The molecule has 1 aromatic carbocycles. The van der Waals surface area contributed by atoms with Gasteiger partial charge in [0.25, 0.3) is 0 Å². The van der Waals surface area contributed by atoms with Crippen LogP contribution < -0.4 is 15.5 Å². The van der Waals surface area contributed by atoms with Crippen molar-refractivity contribution in [3.8, 4) is 0 Å². The van der Waals surface area contributed by atoms with Gasteiger partial charge >= 0.3 is 0 Å². The Kier molecular flexibility index (Phi) is 7.08. The molecule has 170 valence electrons. The lowest BCUT2D eigenvalue weighted by molar-refractivity contribution is -0.118. The smallest absolute Gasteiger partial charge is 0.247 e. The molecule has 0 bridgehead atoms. The fourth-order valence-corrected chi connectivity index (χ4v) is 4.74. The number of carbonyl (C=O) groups is 1. The third kappa shape index (κ3) is 5.47. The zero-order chi connectivity index (χ0) is 22.5. The number of hydrogen-bond acceptors (Lipinski definition) is 5. The molecule has 0 atom stereocenters. The largest absolute Gasteiger partial charge is 0.362 e. The summed E-state index contributed by atoms with van der Waals surface area (Å²) < 4.78 is 0. The number of fused-ring (bicyclic) bond motifs is 1. The highest BCUT2D eigenvalue weighted by Crippen LogP contribution is 2.29. The van der Waals surface area contributed by atoms with Gasteiger partial charge in [0, 0.05) is 37.3 Å². The number of rotatable bonds is 6. The molecule has 2 aliphatic rings. The minimum absolute atomic E-state index is 0.0268. The number of nitrogens with zero attached hydrogens (tertiary/aromatic N) is 3. The first-order valence-corrected chi connectivity index (χ1v) is 11.9. The molecule has 0 spiro atoms. The molecule has 1 saturated carbocycles. The number of aryl methyl sites for hydroxylation is 1. The Morgan fingerprint density at radius 3 is 2.41 bits per heavy atom. The van der Waals surface area contributed by atoms with Crippen LogP contribution in [0.25, 0.3) is 6.08 Å². The van der Waals surface area contributed by atoms with Gasteiger partial charge in [0.15, 0.2) is 0 Å². The van der Waals surface area contributed by atoms with Crippen molar-refractivity contribution in [1.29, 1.82) is 0 Å². The van der Waals surface area contributed by atoms with Crippen molar-refractivity contribution in [2.24, 2.45) is 0 Å². The molecule has 1 heterocycles. The predicted octanol–water partition coefficient (Wildman–Crippen LogP) is 4.36. The Labute approximate surface area is 191 Å². The summed E-state index contributed by atoms with van der Waals surface area (Å²) in [7, 11) is 4.12. The second-order valence-electron chi connectivity index (χ2n) is 9.30. The molecule has 1 amide bonds. The molecule has 0 saturated heterocycles. The van der Waals surface area contributed by atoms with Crippen LogP contribution in [0.4, 0.5) is 11.8 Å². The summed E-state index contributed by atoms with van der Waals surface area (Å²) in [6.45, 7) is 1.88. The molecule has 0 aliphatic heterocycles. The van der Waals surface area contributed by atoms with Gasteiger partial charge in [0.2, 0.25) is 11.9 Å².